The quantitative estimate of drug-likeness (QED) is 0.0919. The molecule has 1 heterocycles. The molecule has 0 unspecified atom stereocenters. The van der Waals surface area contributed by atoms with Gasteiger partial charge in [-0.25, -0.2) is 0 Å². The van der Waals surface area contributed by atoms with E-state index in [4.69, 9.17) is 12.6 Å². The second-order valence-electron chi connectivity index (χ2n) is 9.94. The Bertz CT molecular complexity index is 541. The van der Waals surface area contributed by atoms with Gasteiger partial charge in [-0.3, -0.25) is 4.57 Å². The Morgan fingerprint density at radius 3 is 1.41 bits per heavy atom. The number of rotatable bonds is 23. The Morgan fingerprint density at radius 1 is 0.594 bits per heavy atom. The molecule has 0 saturated heterocycles. The minimum Gasteiger partial charge on any atom is -0.703 e. The monoisotopic (exact) mass is 465 g/mol. The van der Waals surface area contributed by atoms with Gasteiger partial charge < -0.3 is 12.6 Å². The average Bonchev–Trinajstić information content (AvgIpc) is 3.05. The first-order valence-corrected chi connectivity index (χ1v) is 14.7. The third kappa shape index (κ3) is 14.5. The summed E-state index contributed by atoms with van der Waals surface area (Å²) in [7, 11) is 2.06. The van der Waals surface area contributed by atoms with Crippen molar-refractivity contribution in [1.29, 1.82) is 0 Å². The van der Waals surface area contributed by atoms with Crippen molar-refractivity contribution in [3.63, 3.8) is 0 Å². The van der Waals surface area contributed by atoms with E-state index >= 15 is 0 Å². The van der Waals surface area contributed by atoms with E-state index in [0.29, 0.717) is 0 Å². The zero-order valence-electron chi connectivity index (χ0n) is 22.0. The molecule has 1 aromatic rings. The third-order valence-corrected chi connectivity index (χ3v) is 7.19. The van der Waals surface area contributed by atoms with Crippen molar-refractivity contribution >= 4 is 12.6 Å². The van der Waals surface area contributed by atoms with Crippen LogP contribution in [0.25, 0.3) is 0 Å². The molecule has 32 heavy (non-hydrogen) atoms. The molecule has 0 fully saturated rings. The van der Waals surface area contributed by atoms with Crippen molar-refractivity contribution in [2.45, 2.75) is 167 Å². The summed E-state index contributed by atoms with van der Waals surface area (Å²) in [4.78, 5) is 0. The van der Waals surface area contributed by atoms with Gasteiger partial charge in [-0.15, -0.1) is 4.68 Å². The van der Waals surface area contributed by atoms with Crippen LogP contribution in [0.5, 0.6) is 0 Å². The summed E-state index contributed by atoms with van der Waals surface area (Å²) in [5.41, 5.74) is 0. The molecule has 3 nitrogen and oxygen atoms in total. The third-order valence-electron chi connectivity index (χ3n) is 6.89. The Hall–Kier alpha value is -0.640. The van der Waals surface area contributed by atoms with Gasteiger partial charge in [0.25, 0.3) is 0 Å². The van der Waals surface area contributed by atoms with Gasteiger partial charge in [-0.2, -0.15) is 0 Å². The Kier molecular flexibility index (Phi) is 19.2. The van der Waals surface area contributed by atoms with Crippen molar-refractivity contribution in [1.82, 2.24) is 9.78 Å². The van der Waals surface area contributed by atoms with Gasteiger partial charge in [0, 0.05) is 11.5 Å². The molecule has 0 aromatic carbocycles. The second-order valence-corrected chi connectivity index (χ2v) is 10.3. The number of unbranched alkanes of at least 4 members (excludes halogenated alkanes) is 19. The molecule has 0 aliphatic rings. The van der Waals surface area contributed by atoms with Crippen LogP contribution in [-0.4, -0.2) is 9.78 Å². The number of aryl methyl sites for hydroxylation is 1. The van der Waals surface area contributed by atoms with E-state index < -0.39 is 0 Å². The zero-order valence-corrected chi connectivity index (χ0v) is 22.8. The lowest BCUT2D eigenvalue weighted by molar-refractivity contribution is -0.740. The highest BCUT2D eigenvalue weighted by molar-refractivity contribution is 7.58. The van der Waals surface area contributed by atoms with Gasteiger partial charge in [0.2, 0.25) is 5.82 Å². The Balaban J connectivity index is 2.02. The molecule has 0 amide bonds. The van der Waals surface area contributed by atoms with Crippen LogP contribution in [0, 0.1) is 0 Å². The molecule has 1 aromatic heterocycles. The topological polar surface area (TPSA) is 21.7 Å². The second kappa shape index (κ2) is 20.9. The van der Waals surface area contributed by atoms with E-state index in [1.54, 1.807) is 0 Å². The van der Waals surface area contributed by atoms with Gasteiger partial charge in [0.15, 0.2) is 5.16 Å². The maximum atomic E-state index is 5.52. The van der Waals surface area contributed by atoms with Crippen LogP contribution in [0.1, 0.15) is 155 Å². The van der Waals surface area contributed by atoms with Crippen LogP contribution in [0.3, 0.4) is 0 Å². The van der Waals surface area contributed by atoms with Crippen molar-refractivity contribution < 1.29 is 4.57 Å². The molecule has 188 valence electrons. The number of hydrogen-bond donors (Lipinski definition) is 0. The lowest BCUT2D eigenvalue weighted by atomic mass is 10.0. The van der Waals surface area contributed by atoms with E-state index in [-0.39, 0.29) is 0 Å². The van der Waals surface area contributed by atoms with Gasteiger partial charge in [0.05, 0.1) is 13.6 Å². The smallest absolute Gasteiger partial charge is 0.234 e. The van der Waals surface area contributed by atoms with Crippen molar-refractivity contribution in [2.75, 3.05) is 0 Å². The van der Waals surface area contributed by atoms with Crippen LogP contribution < -0.4 is 4.57 Å². The number of aromatic nitrogens is 3. The molecule has 0 aliphatic heterocycles. The van der Waals surface area contributed by atoms with E-state index in [1.165, 1.54) is 141 Å². The van der Waals surface area contributed by atoms with Crippen molar-refractivity contribution in [3.05, 3.63) is 5.82 Å². The van der Waals surface area contributed by atoms with Gasteiger partial charge in [-0.1, -0.05) is 136 Å². The lowest BCUT2D eigenvalue weighted by Crippen LogP contribution is -2.39. The van der Waals surface area contributed by atoms with Gasteiger partial charge in [-0.05, 0) is 12.8 Å². The maximum Gasteiger partial charge on any atom is 0.234 e. The highest BCUT2D eigenvalue weighted by Gasteiger charge is 2.16. The lowest BCUT2D eigenvalue weighted by Gasteiger charge is -2.07. The SMILES string of the molecule is CCCCCCCCCCCCCCCCCc1n(C)nc([S-])[n+]1CCCCCCCC. The fourth-order valence-corrected chi connectivity index (χ4v) is 5.07. The fourth-order valence-electron chi connectivity index (χ4n) is 4.75. The number of hydrogen-bond acceptors (Lipinski definition) is 2. The first-order valence-electron chi connectivity index (χ1n) is 14.3. The summed E-state index contributed by atoms with van der Waals surface area (Å²) >= 11 is 5.52. The average molecular weight is 466 g/mol. The predicted molar refractivity (Wildman–Crippen MR) is 141 cm³/mol. The minimum absolute atomic E-state index is 0.775. The first-order chi connectivity index (χ1) is 15.7. The molecular weight excluding hydrogens is 410 g/mol. The van der Waals surface area contributed by atoms with E-state index in [0.717, 1.165) is 18.1 Å². The normalized spacial score (nSPS) is 11.5. The Labute approximate surface area is 206 Å². The van der Waals surface area contributed by atoms with Crippen molar-refractivity contribution in [3.8, 4) is 0 Å². The Morgan fingerprint density at radius 2 is 0.969 bits per heavy atom. The standard InChI is InChI=1S/C28H55N3S/c1-4-6-8-10-12-13-14-15-16-17-18-19-20-21-23-25-27-30(3)29-28(32)31(27)26-24-22-11-9-7-5-2/h4-26H2,1-3H3. The summed E-state index contributed by atoms with van der Waals surface area (Å²) in [6.45, 7) is 5.62. The molecule has 4 heteroatoms. The molecule has 0 saturated carbocycles. The molecule has 1 rings (SSSR count). The molecule has 0 N–H and O–H groups in total. The largest absolute Gasteiger partial charge is 0.703 e. The maximum absolute atomic E-state index is 5.52. The first kappa shape index (κ1) is 29.4. The summed E-state index contributed by atoms with van der Waals surface area (Å²) < 4.78 is 4.34. The number of nitrogens with zero attached hydrogens (tertiary/aromatic N) is 3. The molecule has 0 spiro atoms. The molecule has 0 atom stereocenters. The molecule has 0 radical (unpaired) electrons. The predicted octanol–water partition coefficient (Wildman–Crippen LogP) is 8.39. The van der Waals surface area contributed by atoms with Gasteiger partial charge in [0.1, 0.15) is 0 Å². The van der Waals surface area contributed by atoms with Gasteiger partial charge >= 0.3 is 0 Å². The summed E-state index contributed by atoms with van der Waals surface area (Å²) in [6, 6.07) is 0. The molecule has 0 aliphatic carbocycles. The van der Waals surface area contributed by atoms with E-state index in [9.17, 15) is 0 Å². The molecular formula is C28H55N3S. The fraction of sp³-hybridized carbons (Fsp3) is 0.929. The van der Waals surface area contributed by atoms with Crippen molar-refractivity contribution in [2.24, 2.45) is 7.05 Å². The minimum atomic E-state index is 0.775. The summed E-state index contributed by atoms with van der Waals surface area (Å²) in [5, 5.41) is 5.30. The highest BCUT2D eigenvalue weighted by atomic mass is 32.1. The summed E-state index contributed by atoms with van der Waals surface area (Å²) in [6.07, 6.45) is 30.3. The van der Waals surface area contributed by atoms with E-state index in [1.807, 2.05) is 4.68 Å². The molecule has 0 bridgehead atoms. The van der Waals surface area contributed by atoms with E-state index in [2.05, 4.69) is 30.6 Å². The van der Waals surface area contributed by atoms with Crippen LogP contribution in [0.2, 0.25) is 0 Å². The summed E-state index contributed by atoms with van der Waals surface area (Å²) in [5.74, 6) is 1.33. The van der Waals surface area contributed by atoms with Crippen LogP contribution in [-0.2, 0) is 32.6 Å². The zero-order chi connectivity index (χ0) is 23.3. The van der Waals surface area contributed by atoms with Crippen LogP contribution >= 0.6 is 0 Å². The highest BCUT2D eigenvalue weighted by Crippen LogP contribution is 2.14. The van der Waals surface area contributed by atoms with Crippen LogP contribution in [0.15, 0.2) is 5.16 Å². The van der Waals surface area contributed by atoms with Crippen LogP contribution in [0.4, 0.5) is 0 Å².